The fourth-order valence-corrected chi connectivity index (χ4v) is 1.91. The smallest absolute Gasteiger partial charge is 0.124 e. The van der Waals surface area contributed by atoms with Crippen molar-refractivity contribution in [2.24, 2.45) is 0 Å². The Morgan fingerprint density at radius 2 is 2.31 bits per heavy atom. The van der Waals surface area contributed by atoms with E-state index in [1.54, 1.807) is 0 Å². The standard InChI is InChI=1S/C10H8BrNO/c11-9-3-1-2-8-7(4-5-13)6-12-10(8)9/h1-3,5-6,12H,4H2. The van der Waals surface area contributed by atoms with Gasteiger partial charge in [-0.1, -0.05) is 12.1 Å². The predicted molar refractivity (Wildman–Crippen MR) is 55.8 cm³/mol. The van der Waals surface area contributed by atoms with Crippen LogP contribution in [0, 0.1) is 0 Å². The minimum Gasteiger partial charge on any atom is -0.360 e. The van der Waals surface area contributed by atoms with Crippen molar-refractivity contribution < 1.29 is 4.79 Å². The van der Waals surface area contributed by atoms with E-state index in [1.807, 2.05) is 24.4 Å². The molecule has 3 heteroatoms. The summed E-state index contributed by atoms with van der Waals surface area (Å²) in [5.41, 5.74) is 2.10. The number of fused-ring (bicyclic) bond motifs is 1. The van der Waals surface area contributed by atoms with Crippen LogP contribution in [0.5, 0.6) is 0 Å². The summed E-state index contributed by atoms with van der Waals surface area (Å²) in [5, 5.41) is 1.11. The van der Waals surface area contributed by atoms with Gasteiger partial charge in [0.25, 0.3) is 0 Å². The number of hydrogen-bond donors (Lipinski definition) is 1. The zero-order valence-electron chi connectivity index (χ0n) is 6.88. The number of aldehydes is 1. The molecule has 0 atom stereocenters. The average molecular weight is 238 g/mol. The highest BCUT2D eigenvalue weighted by atomic mass is 79.9. The summed E-state index contributed by atoms with van der Waals surface area (Å²) in [6.45, 7) is 0. The molecule has 0 aliphatic heterocycles. The van der Waals surface area contributed by atoms with Crippen LogP contribution in [0.4, 0.5) is 0 Å². The molecule has 2 rings (SSSR count). The minimum absolute atomic E-state index is 0.469. The Bertz CT molecular complexity index is 447. The van der Waals surface area contributed by atoms with E-state index >= 15 is 0 Å². The monoisotopic (exact) mass is 237 g/mol. The van der Waals surface area contributed by atoms with Gasteiger partial charge in [0.15, 0.2) is 0 Å². The van der Waals surface area contributed by atoms with Gasteiger partial charge in [-0.15, -0.1) is 0 Å². The van der Waals surface area contributed by atoms with E-state index in [0.717, 1.165) is 27.2 Å². The van der Waals surface area contributed by atoms with Gasteiger partial charge in [-0.05, 0) is 27.6 Å². The Balaban J connectivity index is 2.67. The van der Waals surface area contributed by atoms with Crippen LogP contribution in [0.15, 0.2) is 28.9 Å². The largest absolute Gasteiger partial charge is 0.360 e. The lowest BCUT2D eigenvalue weighted by Crippen LogP contribution is -1.81. The van der Waals surface area contributed by atoms with E-state index in [2.05, 4.69) is 20.9 Å². The Morgan fingerprint density at radius 3 is 3.08 bits per heavy atom. The molecular formula is C10H8BrNO. The maximum atomic E-state index is 10.4. The minimum atomic E-state index is 0.469. The molecule has 0 spiro atoms. The van der Waals surface area contributed by atoms with Gasteiger partial charge in [0.05, 0.1) is 5.52 Å². The highest BCUT2D eigenvalue weighted by Gasteiger charge is 2.04. The molecule has 0 saturated heterocycles. The molecule has 66 valence electrons. The van der Waals surface area contributed by atoms with Crippen LogP contribution in [0.1, 0.15) is 5.56 Å². The van der Waals surface area contributed by atoms with Crippen LogP contribution in [-0.2, 0) is 11.2 Å². The third-order valence-corrected chi connectivity index (χ3v) is 2.71. The van der Waals surface area contributed by atoms with Crippen LogP contribution in [0.2, 0.25) is 0 Å². The third-order valence-electron chi connectivity index (χ3n) is 2.05. The number of carbonyl (C=O) groups excluding carboxylic acids is 1. The van der Waals surface area contributed by atoms with E-state index in [1.165, 1.54) is 0 Å². The highest BCUT2D eigenvalue weighted by molar-refractivity contribution is 9.10. The first-order valence-electron chi connectivity index (χ1n) is 4.01. The number of halogens is 1. The normalized spacial score (nSPS) is 10.5. The molecule has 13 heavy (non-hydrogen) atoms. The predicted octanol–water partition coefficient (Wildman–Crippen LogP) is 2.67. The first kappa shape index (κ1) is 8.51. The lowest BCUT2D eigenvalue weighted by atomic mass is 10.1. The molecule has 1 heterocycles. The number of carbonyl (C=O) groups is 1. The third kappa shape index (κ3) is 1.40. The van der Waals surface area contributed by atoms with Crippen molar-refractivity contribution in [3.63, 3.8) is 0 Å². The molecule has 0 bridgehead atoms. The summed E-state index contributed by atoms with van der Waals surface area (Å²) < 4.78 is 1.03. The molecule has 0 aliphatic carbocycles. The number of rotatable bonds is 2. The van der Waals surface area contributed by atoms with E-state index in [-0.39, 0.29) is 0 Å². The topological polar surface area (TPSA) is 32.9 Å². The van der Waals surface area contributed by atoms with Crippen molar-refractivity contribution in [1.29, 1.82) is 0 Å². The number of H-pyrrole nitrogens is 1. The van der Waals surface area contributed by atoms with E-state index < -0.39 is 0 Å². The molecule has 1 aromatic heterocycles. The second-order valence-electron chi connectivity index (χ2n) is 2.85. The number of benzene rings is 1. The molecular weight excluding hydrogens is 230 g/mol. The maximum absolute atomic E-state index is 10.4. The van der Waals surface area contributed by atoms with Gasteiger partial charge >= 0.3 is 0 Å². The van der Waals surface area contributed by atoms with Gasteiger partial charge in [0, 0.05) is 22.5 Å². The molecule has 0 saturated carbocycles. The molecule has 0 fully saturated rings. The van der Waals surface area contributed by atoms with Gasteiger partial charge in [-0.25, -0.2) is 0 Å². The van der Waals surface area contributed by atoms with Gasteiger partial charge in [-0.2, -0.15) is 0 Å². The number of para-hydroxylation sites is 1. The summed E-state index contributed by atoms with van der Waals surface area (Å²) in [5.74, 6) is 0. The molecule has 0 unspecified atom stereocenters. The SMILES string of the molecule is O=CCc1c[nH]c2c(Br)cccc12. The van der Waals surface area contributed by atoms with Gasteiger partial charge in [-0.3, -0.25) is 0 Å². The lowest BCUT2D eigenvalue weighted by molar-refractivity contribution is -0.107. The van der Waals surface area contributed by atoms with Crippen LogP contribution in [0.25, 0.3) is 10.9 Å². The van der Waals surface area contributed by atoms with Crippen molar-refractivity contribution in [3.05, 3.63) is 34.4 Å². The molecule has 0 amide bonds. The summed E-state index contributed by atoms with van der Waals surface area (Å²) in [6.07, 6.45) is 3.27. The first-order valence-corrected chi connectivity index (χ1v) is 4.80. The molecule has 0 aliphatic rings. The van der Waals surface area contributed by atoms with Crippen LogP contribution < -0.4 is 0 Å². The molecule has 1 aromatic carbocycles. The molecule has 1 N–H and O–H groups in total. The van der Waals surface area contributed by atoms with E-state index in [0.29, 0.717) is 6.42 Å². The van der Waals surface area contributed by atoms with E-state index in [9.17, 15) is 4.79 Å². The maximum Gasteiger partial charge on any atom is 0.124 e. The number of nitrogens with one attached hydrogen (secondary N) is 1. The number of aromatic nitrogens is 1. The van der Waals surface area contributed by atoms with Crippen molar-refractivity contribution in [2.45, 2.75) is 6.42 Å². The van der Waals surface area contributed by atoms with Crippen molar-refractivity contribution in [3.8, 4) is 0 Å². The van der Waals surface area contributed by atoms with Gasteiger partial charge in [0.1, 0.15) is 6.29 Å². The van der Waals surface area contributed by atoms with Crippen molar-refractivity contribution in [1.82, 2.24) is 4.98 Å². The Kier molecular flexibility index (Phi) is 2.19. The summed E-state index contributed by atoms with van der Waals surface area (Å²) in [6, 6.07) is 5.95. The highest BCUT2D eigenvalue weighted by Crippen LogP contribution is 2.25. The Morgan fingerprint density at radius 1 is 1.46 bits per heavy atom. The molecule has 2 aromatic rings. The van der Waals surface area contributed by atoms with Crippen LogP contribution >= 0.6 is 15.9 Å². The summed E-state index contributed by atoms with van der Waals surface area (Å²) >= 11 is 3.44. The zero-order chi connectivity index (χ0) is 9.26. The molecule has 2 nitrogen and oxygen atoms in total. The van der Waals surface area contributed by atoms with Crippen LogP contribution in [0.3, 0.4) is 0 Å². The number of aromatic amines is 1. The average Bonchev–Trinajstić information content (AvgIpc) is 2.51. The van der Waals surface area contributed by atoms with Crippen molar-refractivity contribution >= 4 is 33.1 Å². The zero-order valence-corrected chi connectivity index (χ0v) is 8.47. The fraction of sp³-hybridized carbons (Fsp3) is 0.100. The second kappa shape index (κ2) is 3.34. The van der Waals surface area contributed by atoms with Crippen LogP contribution in [-0.4, -0.2) is 11.3 Å². The molecule has 0 radical (unpaired) electrons. The lowest BCUT2D eigenvalue weighted by Gasteiger charge is -1.94. The Labute approximate surface area is 84.1 Å². The first-order chi connectivity index (χ1) is 6.33. The van der Waals surface area contributed by atoms with Gasteiger partial charge < -0.3 is 9.78 Å². The summed E-state index contributed by atoms with van der Waals surface area (Å²) in [7, 11) is 0. The Hall–Kier alpha value is -1.09. The van der Waals surface area contributed by atoms with E-state index in [4.69, 9.17) is 0 Å². The quantitative estimate of drug-likeness (QED) is 0.801. The fourth-order valence-electron chi connectivity index (χ4n) is 1.43. The van der Waals surface area contributed by atoms with Gasteiger partial charge in [0.2, 0.25) is 0 Å². The summed E-state index contributed by atoms with van der Waals surface area (Å²) in [4.78, 5) is 13.5. The second-order valence-corrected chi connectivity index (χ2v) is 3.70. The van der Waals surface area contributed by atoms with Crippen molar-refractivity contribution in [2.75, 3.05) is 0 Å². The number of hydrogen-bond acceptors (Lipinski definition) is 1.